The third-order valence-corrected chi connectivity index (χ3v) is 4.03. The van der Waals surface area contributed by atoms with Gasteiger partial charge in [0, 0.05) is 26.2 Å². The van der Waals surface area contributed by atoms with Gasteiger partial charge < -0.3 is 15.5 Å². The van der Waals surface area contributed by atoms with Crippen molar-refractivity contribution in [1.29, 1.82) is 0 Å². The molecule has 1 aromatic rings. The Morgan fingerprint density at radius 2 is 1.90 bits per heavy atom. The Morgan fingerprint density at radius 3 is 2.52 bits per heavy atom. The summed E-state index contributed by atoms with van der Waals surface area (Å²) >= 11 is 0. The molecule has 0 spiro atoms. The number of rotatable bonds is 2. The van der Waals surface area contributed by atoms with Crippen molar-refractivity contribution in [1.82, 2.24) is 15.5 Å². The summed E-state index contributed by atoms with van der Waals surface area (Å²) < 4.78 is 0. The van der Waals surface area contributed by atoms with E-state index in [1.165, 1.54) is 0 Å². The molecule has 2 fully saturated rings. The fourth-order valence-electron chi connectivity index (χ4n) is 2.76. The number of halogens is 1. The van der Waals surface area contributed by atoms with Crippen molar-refractivity contribution < 1.29 is 9.59 Å². The van der Waals surface area contributed by atoms with Gasteiger partial charge >= 0.3 is 0 Å². The zero-order valence-corrected chi connectivity index (χ0v) is 12.6. The van der Waals surface area contributed by atoms with Gasteiger partial charge in [0.05, 0.1) is 18.4 Å². The number of hydrogen-bond donors (Lipinski definition) is 2. The highest BCUT2D eigenvalue weighted by atomic mass is 35.5. The van der Waals surface area contributed by atoms with Crippen molar-refractivity contribution in [3.05, 3.63) is 35.9 Å². The Bertz CT molecular complexity index is 505. The van der Waals surface area contributed by atoms with E-state index in [1.807, 2.05) is 35.2 Å². The van der Waals surface area contributed by atoms with Gasteiger partial charge in [-0.25, -0.2) is 0 Å². The monoisotopic (exact) mass is 309 g/mol. The first-order valence-electron chi connectivity index (χ1n) is 7.08. The minimum atomic E-state index is -0.146. The molecule has 5 nitrogen and oxygen atoms in total. The second kappa shape index (κ2) is 6.91. The lowest BCUT2D eigenvalue weighted by Crippen LogP contribution is -2.53. The molecule has 0 aromatic heterocycles. The maximum atomic E-state index is 12.6. The molecular formula is C15H20ClN3O2. The van der Waals surface area contributed by atoms with E-state index in [1.54, 1.807) is 0 Å². The normalized spacial score (nSPS) is 22.6. The van der Waals surface area contributed by atoms with Gasteiger partial charge in [-0.15, -0.1) is 12.4 Å². The Kier molecular flexibility index (Phi) is 5.20. The quantitative estimate of drug-likeness (QED) is 0.846. The van der Waals surface area contributed by atoms with Crippen molar-refractivity contribution in [3.8, 4) is 0 Å². The molecule has 0 aliphatic carbocycles. The van der Waals surface area contributed by atoms with E-state index in [0.717, 1.165) is 18.7 Å². The van der Waals surface area contributed by atoms with Crippen molar-refractivity contribution in [2.24, 2.45) is 5.92 Å². The predicted molar refractivity (Wildman–Crippen MR) is 82.1 cm³/mol. The van der Waals surface area contributed by atoms with E-state index in [4.69, 9.17) is 0 Å². The average Bonchev–Trinajstić information content (AvgIpc) is 2.59. The van der Waals surface area contributed by atoms with E-state index in [9.17, 15) is 9.59 Å². The highest BCUT2D eigenvalue weighted by Gasteiger charge is 2.35. The third kappa shape index (κ3) is 3.36. The van der Waals surface area contributed by atoms with E-state index < -0.39 is 0 Å². The van der Waals surface area contributed by atoms with E-state index >= 15 is 0 Å². The first-order chi connectivity index (χ1) is 9.75. The van der Waals surface area contributed by atoms with E-state index in [0.29, 0.717) is 19.5 Å². The molecule has 0 saturated carbocycles. The SMILES string of the molecule is Cl.O=C1CC(c2ccccc2)N(C(=O)C2CNC2)CCN1. The molecule has 0 radical (unpaired) electrons. The van der Waals surface area contributed by atoms with E-state index in [2.05, 4.69) is 10.6 Å². The van der Waals surface area contributed by atoms with Crippen LogP contribution in [0.4, 0.5) is 0 Å². The maximum Gasteiger partial charge on any atom is 0.228 e. The fraction of sp³-hybridized carbons (Fsp3) is 0.467. The summed E-state index contributed by atoms with van der Waals surface area (Å²) in [5.41, 5.74) is 1.03. The van der Waals surface area contributed by atoms with Crippen LogP contribution in [0.3, 0.4) is 0 Å². The smallest absolute Gasteiger partial charge is 0.228 e. The fourth-order valence-corrected chi connectivity index (χ4v) is 2.76. The molecule has 2 aliphatic heterocycles. The Morgan fingerprint density at radius 1 is 1.19 bits per heavy atom. The lowest BCUT2D eigenvalue weighted by atomic mass is 9.97. The molecule has 0 bridgehead atoms. The second-order valence-corrected chi connectivity index (χ2v) is 5.37. The number of nitrogens with zero attached hydrogens (tertiary/aromatic N) is 1. The molecule has 3 rings (SSSR count). The van der Waals surface area contributed by atoms with Gasteiger partial charge in [-0.05, 0) is 5.56 Å². The van der Waals surface area contributed by atoms with Crippen LogP contribution in [0.25, 0.3) is 0 Å². The molecule has 2 heterocycles. The first kappa shape index (κ1) is 15.8. The molecule has 1 unspecified atom stereocenters. The van der Waals surface area contributed by atoms with Crippen LogP contribution in [0.2, 0.25) is 0 Å². The topological polar surface area (TPSA) is 61.4 Å². The van der Waals surface area contributed by atoms with Crippen molar-refractivity contribution >= 4 is 24.2 Å². The van der Waals surface area contributed by atoms with Gasteiger partial charge in [0.1, 0.15) is 0 Å². The average molecular weight is 310 g/mol. The molecule has 6 heteroatoms. The summed E-state index contributed by atoms with van der Waals surface area (Å²) in [6.45, 7) is 2.62. The molecule has 2 N–H and O–H groups in total. The molecule has 114 valence electrons. The molecule has 2 amide bonds. The van der Waals surface area contributed by atoms with E-state index in [-0.39, 0.29) is 36.2 Å². The first-order valence-corrected chi connectivity index (χ1v) is 7.08. The minimum Gasteiger partial charge on any atom is -0.354 e. The van der Waals surface area contributed by atoms with Gasteiger partial charge in [0.15, 0.2) is 0 Å². The van der Waals surface area contributed by atoms with Crippen LogP contribution < -0.4 is 10.6 Å². The highest BCUT2D eigenvalue weighted by Crippen LogP contribution is 2.27. The maximum absolute atomic E-state index is 12.6. The minimum absolute atomic E-state index is 0. The predicted octanol–water partition coefficient (Wildman–Crippen LogP) is 0.717. The van der Waals surface area contributed by atoms with Gasteiger partial charge in [0.25, 0.3) is 0 Å². The van der Waals surface area contributed by atoms with Crippen LogP contribution in [0.5, 0.6) is 0 Å². The van der Waals surface area contributed by atoms with Crippen LogP contribution in [0.15, 0.2) is 30.3 Å². The number of carbonyl (C=O) groups is 2. The van der Waals surface area contributed by atoms with Crippen LogP contribution >= 0.6 is 12.4 Å². The molecule has 1 aromatic carbocycles. The number of benzene rings is 1. The molecule has 2 aliphatic rings. The Labute approximate surface area is 130 Å². The number of hydrogen-bond acceptors (Lipinski definition) is 3. The molecule has 2 saturated heterocycles. The van der Waals surface area contributed by atoms with Crippen LogP contribution in [-0.4, -0.2) is 42.9 Å². The van der Waals surface area contributed by atoms with Crippen LogP contribution in [-0.2, 0) is 9.59 Å². The third-order valence-electron chi connectivity index (χ3n) is 4.03. The zero-order valence-electron chi connectivity index (χ0n) is 11.7. The van der Waals surface area contributed by atoms with Crippen LogP contribution in [0.1, 0.15) is 18.0 Å². The van der Waals surface area contributed by atoms with Crippen molar-refractivity contribution in [2.45, 2.75) is 12.5 Å². The number of nitrogens with one attached hydrogen (secondary N) is 2. The standard InChI is InChI=1S/C15H19N3O2.ClH/c19-14-8-13(11-4-2-1-3-5-11)18(7-6-17-14)15(20)12-9-16-10-12;/h1-5,12-13,16H,6-10H2,(H,17,19);1H. The number of carbonyl (C=O) groups excluding carboxylic acids is 2. The summed E-state index contributed by atoms with van der Waals surface area (Å²) in [4.78, 5) is 26.3. The summed E-state index contributed by atoms with van der Waals surface area (Å²) in [7, 11) is 0. The highest BCUT2D eigenvalue weighted by molar-refractivity contribution is 5.85. The van der Waals surface area contributed by atoms with Gasteiger partial charge in [-0.2, -0.15) is 0 Å². The summed E-state index contributed by atoms with van der Waals surface area (Å²) in [6.07, 6.45) is 0.343. The van der Waals surface area contributed by atoms with Crippen LogP contribution in [0, 0.1) is 5.92 Å². The summed E-state index contributed by atoms with van der Waals surface area (Å²) in [5, 5.41) is 5.99. The lowest BCUT2D eigenvalue weighted by Gasteiger charge is -2.36. The second-order valence-electron chi connectivity index (χ2n) is 5.37. The molecule has 21 heavy (non-hydrogen) atoms. The van der Waals surface area contributed by atoms with Gasteiger partial charge in [0.2, 0.25) is 11.8 Å². The van der Waals surface area contributed by atoms with Gasteiger partial charge in [-0.3, -0.25) is 9.59 Å². The number of amides is 2. The van der Waals surface area contributed by atoms with Crippen molar-refractivity contribution in [3.63, 3.8) is 0 Å². The molecular weight excluding hydrogens is 290 g/mol. The van der Waals surface area contributed by atoms with Crippen molar-refractivity contribution in [2.75, 3.05) is 26.2 Å². The zero-order chi connectivity index (χ0) is 13.9. The largest absolute Gasteiger partial charge is 0.354 e. The van der Waals surface area contributed by atoms with Gasteiger partial charge in [-0.1, -0.05) is 30.3 Å². The summed E-state index contributed by atoms with van der Waals surface area (Å²) in [5.74, 6) is 0.240. The molecule has 1 atom stereocenters. The Hall–Kier alpha value is -1.59. The summed E-state index contributed by atoms with van der Waals surface area (Å²) in [6, 6.07) is 9.68. The lowest BCUT2D eigenvalue weighted by molar-refractivity contribution is -0.139. The Balaban J connectivity index is 0.00000161.